The van der Waals surface area contributed by atoms with Gasteiger partial charge >= 0.3 is 51.4 Å². The molecule has 0 unspecified atom stereocenters. The van der Waals surface area contributed by atoms with Crippen molar-refractivity contribution in [2.45, 2.75) is 52.6 Å². The molecule has 0 bridgehead atoms. The molecule has 0 aromatic carbocycles. The molecular weight excluding hydrogens is 203 g/mol. The van der Waals surface area contributed by atoms with Gasteiger partial charge < -0.3 is 4.80 Å². The van der Waals surface area contributed by atoms with Crippen LogP contribution in [0.25, 0.3) is 0 Å². The number of rotatable bonds is 5. The first-order valence-electron chi connectivity index (χ1n) is 4.84. The Labute approximate surface area is 127 Å². The fraction of sp³-hybridized carbons (Fsp3) is 0.800. The van der Waals surface area contributed by atoms with Crippen LogP contribution in [0.5, 0.6) is 0 Å². The fourth-order valence-corrected chi connectivity index (χ4v) is 2.65. The Morgan fingerprint density at radius 1 is 1.31 bits per heavy atom. The van der Waals surface area contributed by atoms with E-state index in [1.807, 2.05) is 18.8 Å². The summed E-state index contributed by atoms with van der Waals surface area (Å²) in [5.41, 5.74) is 3.28. The fourth-order valence-electron chi connectivity index (χ4n) is 1.32. The molecule has 0 aliphatic heterocycles. The molecule has 0 saturated carbocycles. The molecule has 0 spiro atoms. The maximum Gasteiger partial charge on any atom is 1.00 e. The predicted octanol–water partition coefficient (Wildman–Crippen LogP) is -0.378. The number of hydrogen-bond donors (Lipinski definition) is 0. The monoisotopic (exact) mass is 224 g/mol. The minimum absolute atomic E-state index is 0. The summed E-state index contributed by atoms with van der Waals surface area (Å²) in [6.45, 7) is 7.97. The summed E-state index contributed by atoms with van der Waals surface area (Å²) in [6.07, 6.45) is 4.90. The third kappa shape index (κ3) is 13.6. The van der Waals surface area contributed by atoms with Crippen molar-refractivity contribution in [1.29, 1.82) is 0 Å². The van der Waals surface area contributed by atoms with Gasteiger partial charge in [-0.15, -0.1) is 5.70 Å². The molecule has 0 radical (unpaired) electrons. The molecule has 0 aliphatic carbocycles. The molecule has 0 amide bonds. The molecular formula is C10H21KOSi. The molecule has 3 heteroatoms. The molecule has 0 aliphatic rings. The van der Waals surface area contributed by atoms with Crippen molar-refractivity contribution in [3.63, 3.8) is 0 Å². The summed E-state index contributed by atoms with van der Waals surface area (Å²) < 4.78 is 0. The van der Waals surface area contributed by atoms with Crippen LogP contribution in [0.3, 0.4) is 0 Å². The van der Waals surface area contributed by atoms with Crippen molar-refractivity contribution in [3.8, 4) is 0 Å². The van der Waals surface area contributed by atoms with Gasteiger partial charge in [0.15, 0.2) is 0 Å². The molecule has 0 aromatic rings. The summed E-state index contributed by atoms with van der Waals surface area (Å²) in [4.78, 5) is 11.4. The molecule has 0 heterocycles. The topological polar surface area (TPSA) is 23.1 Å². The third-order valence-corrected chi connectivity index (χ3v) is 2.96. The minimum Gasteiger partial charge on any atom is -0.856 e. The maximum absolute atomic E-state index is 11.4. The standard InChI is InChI=1S/C10H21OSi.K/c1-5-6-7-8-10(2)9-12(3,4)11;/h9H,5-8H2,1-4H3;/q-1;+1/b10-9+;. The van der Waals surface area contributed by atoms with E-state index in [-0.39, 0.29) is 51.4 Å². The van der Waals surface area contributed by atoms with Crippen LogP contribution < -0.4 is 56.2 Å². The quantitative estimate of drug-likeness (QED) is 0.461. The van der Waals surface area contributed by atoms with Crippen LogP contribution in [-0.4, -0.2) is 8.32 Å². The van der Waals surface area contributed by atoms with Crippen molar-refractivity contribution in [2.24, 2.45) is 0 Å². The maximum atomic E-state index is 11.4. The van der Waals surface area contributed by atoms with Gasteiger partial charge in [0.2, 0.25) is 0 Å². The zero-order valence-corrected chi connectivity index (χ0v) is 13.9. The predicted molar refractivity (Wildman–Crippen MR) is 55.4 cm³/mol. The van der Waals surface area contributed by atoms with Crippen LogP contribution in [0.15, 0.2) is 11.3 Å². The second-order valence-corrected chi connectivity index (χ2v) is 7.55. The normalized spacial score (nSPS) is 12.5. The molecule has 0 fully saturated rings. The Morgan fingerprint density at radius 3 is 2.23 bits per heavy atom. The molecule has 0 atom stereocenters. The van der Waals surface area contributed by atoms with Gasteiger partial charge in [-0.2, -0.15) is 0 Å². The van der Waals surface area contributed by atoms with Crippen molar-refractivity contribution in [2.75, 3.05) is 0 Å². The van der Waals surface area contributed by atoms with Crippen molar-refractivity contribution in [1.82, 2.24) is 0 Å². The Hall–Kier alpha value is 1.55. The van der Waals surface area contributed by atoms with Gasteiger partial charge in [-0.3, -0.25) is 0 Å². The first-order valence-corrected chi connectivity index (χ1v) is 7.83. The van der Waals surface area contributed by atoms with Gasteiger partial charge in [-0.1, -0.05) is 38.4 Å². The number of hydrogen-bond acceptors (Lipinski definition) is 1. The van der Waals surface area contributed by atoms with E-state index in [0.717, 1.165) is 6.42 Å². The van der Waals surface area contributed by atoms with E-state index in [1.54, 1.807) is 0 Å². The Kier molecular flexibility index (Phi) is 11.5. The molecule has 0 saturated heterocycles. The van der Waals surface area contributed by atoms with Crippen LogP contribution in [0.1, 0.15) is 39.5 Å². The summed E-state index contributed by atoms with van der Waals surface area (Å²) >= 11 is 0. The molecule has 72 valence electrons. The zero-order chi connectivity index (χ0) is 9.61. The summed E-state index contributed by atoms with van der Waals surface area (Å²) in [5, 5.41) is 0. The van der Waals surface area contributed by atoms with E-state index in [2.05, 4.69) is 13.8 Å². The first-order chi connectivity index (χ1) is 5.45. The SMILES string of the molecule is CCCCC/C(C)=C/[Si](C)(C)[O-].[K+]. The van der Waals surface area contributed by atoms with Gasteiger partial charge in [-0.25, -0.2) is 0 Å². The number of unbranched alkanes of at least 4 members (excludes halogenated alkanes) is 2. The van der Waals surface area contributed by atoms with Crippen LogP contribution >= 0.6 is 0 Å². The summed E-state index contributed by atoms with van der Waals surface area (Å²) in [5.74, 6) is 0. The summed E-state index contributed by atoms with van der Waals surface area (Å²) in [7, 11) is -2.19. The first kappa shape index (κ1) is 17.0. The van der Waals surface area contributed by atoms with Crippen molar-refractivity contribution in [3.05, 3.63) is 11.3 Å². The van der Waals surface area contributed by atoms with Crippen LogP contribution in [0.2, 0.25) is 13.1 Å². The smallest absolute Gasteiger partial charge is 0.856 e. The van der Waals surface area contributed by atoms with Crippen molar-refractivity contribution >= 4 is 8.32 Å². The van der Waals surface area contributed by atoms with E-state index >= 15 is 0 Å². The summed E-state index contributed by atoms with van der Waals surface area (Å²) in [6, 6.07) is 0. The van der Waals surface area contributed by atoms with Crippen LogP contribution in [-0.2, 0) is 0 Å². The van der Waals surface area contributed by atoms with E-state index in [0.29, 0.717) is 0 Å². The van der Waals surface area contributed by atoms with Gasteiger partial charge in [0.25, 0.3) is 0 Å². The zero-order valence-electron chi connectivity index (χ0n) is 9.81. The molecule has 13 heavy (non-hydrogen) atoms. The Balaban J connectivity index is 0. The van der Waals surface area contributed by atoms with E-state index in [1.165, 1.54) is 24.8 Å². The average molecular weight is 224 g/mol. The van der Waals surface area contributed by atoms with Crippen LogP contribution in [0, 0.1) is 0 Å². The van der Waals surface area contributed by atoms with Gasteiger partial charge in [0.1, 0.15) is 0 Å². The average Bonchev–Trinajstić information content (AvgIpc) is 1.84. The minimum atomic E-state index is -2.19. The van der Waals surface area contributed by atoms with Gasteiger partial charge in [0, 0.05) is 0 Å². The second kappa shape index (κ2) is 8.83. The largest absolute Gasteiger partial charge is 1.00 e. The Bertz CT molecular complexity index is 149. The second-order valence-electron chi connectivity index (χ2n) is 4.05. The van der Waals surface area contributed by atoms with E-state index < -0.39 is 8.32 Å². The molecule has 0 rings (SSSR count). The third-order valence-electron chi connectivity index (χ3n) is 1.77. The van der Waals surface area contributed by atoms with E-state index in [4.69, 9.17) is 0 Å². The van der Waals surface area contributed by atoms with Crippen molar-refractivity contribution < 1.29 is 56.2 Å². The molecule has 0 aromatic heterocycles. The molecule has 1 nitrogen and oxygen atoms in total. The van der Waals surface area contributed by atoms with Gasteiger partial charge in [-0.05, 0) is 28.1 Å². The van der Waals surface area contributed by atoms with Gasteiger partial charge in [0.05, 0.1) is 0 Å². The van der Waals surface area contributed by atoms with Crippen LogP contribution in [0.4, 0.5) is 0 Å². The van der Waals surface area contributed by atoms with E-state index in [9.17, 15) is 4.80 Å². The number of allylic oxidation sites excluding steroid dienone is 1. The Morgan fingerprint density at radius 2 is 1.85 bits per heavy atom. The molecule has 0 N–H and O–H groups in total.